The number of benzene rings is 2. The lowest BCUT2D eigenvalue weighted by molar-refractivity contribution is -0.156. The molecule has 0 bridgehead atoms. The number of hydrogen-bond acceptors (Lipinski definition) is 4. The second kappa shape index (κ2) is 9.60. The second-order valence-corrected chi connectivity index (χ2v) is 8.01. The Balaban J connectivity index is 1.74. The van der Waals surface area contributed by atoms with Gasteiger partial charge in [0.1, 0.15) is 6.04 Å². The minimum atomic E-state index is -1.65. The summed E-state index contributed by atoms with van der Waals surface area (Å²) in [4.78, 5) is 27.7. The van der Waals surface area contributed by atoms with Gasteiger partial charge in [-0.05, 0) is 48.1 Å². The Morgan fingerprint density at radius 1 is 1.23 bits per heavy atom. The molecule has 2 aromatic rings. The topological polar surface area (TPSA) is 95.7 Å². The van der Waals surface area contributed by atoms with Crippen LogP contribution in [0.5, 0.6) is 0 Å². The highest BCUT2D eigenvalue weighted by atomic mass is 35.5. The van der Waals surface area contributed by atoms with E-state index in [1.54, 1.807) is 43.3 Å². The Bertz CT molecular complexity index is 906. The molecule has 1 aliphatic rings. The van der Waals surface area contributed by atoms with E-state index in [4.69, 9.17) is 17.3 Å². The predicted molar refractivity (Wildman–Crippen MR) is 117 cm³/mol. The number of nitrogens with zero attached hydrogens (tertiary/aromatic N) is 1. The van der Waals surface area contributed by atoms with Crippen molar-refractivity contribution >= 4 is 23.4 Å². The van der Waals surface area contributed by atoms with Gasteiger partial charge in [0.05, 0.1) is 0 Å². The van der Waals surface area contributed by atoms with E-state index in [-0.39, 0.29) is 18.9 Å². The van der Waals surface area contributed by atoms with E-state index in [0.717, 1.165) is 11.1 Å². The molecule has 6 nitrogen and oxygen atoms in total. The lowest BCUT2D eigenvalue weighted by atomic mass is 9.89. The van der Waals surface area contributed by atoms with Crippen LogP contribution in [0.3, 0.4) is 0 Å². The standard InChI is InChI=1S/C23H28ClN3O3/c1-2-23(30,18-7-4-3-5-8-18)22(29)27-12-6-9-20(27)21(28)26-15-17-13-19(24)11-10-16(17)14-25/h3-5,7-8,10-11,13,20,30H,2,6,9,12,14-15,25H2,1H3,(H,26,28). The van der Waals surface area contributed by atoms with Gasteiger partial charge < -0.3 is 21.1 Å². The number of carbonyl (C=O) groups excluding carboxylic acids is 2. The van der Waals surface area contributed by atoms with Crippen LogP contribution in [-0.4, -0.2) is 34.4 Å². The van der Waals surface area contributed by atoms with Gasteiger partial charge in [-0.15, -0.1) is 0 Å². The van der Waals surface area contributed by atoms with Crippen molar-refractivity contribution in [2.45, 2.75) is 50.9 Å². The summed E-state index contributed by atoms with van der Waals surface area (Å²) in [7, 11) is 0. The average Bonchev–Trinajstić information content (AvgIpc) is 3.27. The van der Waals surface area contributed by atoms with Crippen molar-refractivity contribution in [1.29, 1.82) is 0 Å². The van der Waals surface area contributed by atoms with Crippen molar-refractivity contribution in [3.8, 4) is 0 Å². The molecular weight excluding hydrogens is 402 g/mol. The maximum atomic E-state index is 13.3. The van der Waals surface area contributed by atoms with Crippen LogP contribution in [0.1, 0.15) is 42.9 Å². The minimum Gasteiger partial charge on any atom is -0.375 e. The lowest BCUT2D eigenvalue weighted by Gasteiger charge is -2.33. The van der Waals surface area contributed by atoms with Gasteiger partial charge in [-0.3, -0.25) is 9.59 Å². The first-order valence-corrected chi connectivity index (χ1v) is 10.6. The summed E-state index contributed by atoms with van der Waals surface area (Å²) in [5.74, 6) is -0.672. The molecular formula is C23H28ClN3O3. The predicted octanol–water partition coefficient (Wildman–Crippen LogP) is 2.70. The van der Waals surface area contributed by atoms with Crippen LogP contribution in [-0.2, 0) is 28.3 Å². The van der Waals surface area contributed by atoms with Gasteiger partial charge in [0.2, 0.25) is 5.91 Å². The third-order valence-electron chi connectivity index (χ3n) is 5.77. The Kier molecular flexibility index (Phi) is 7.13. The van der Waals surface area contributed by atoms with Crippen LogP contribution < -0.4 is 11.1 Å². The molecule has 1 aliphatic heterocycles. The number of halogens is 1. The molecule has 0 aromatic heterocycles. The number of amides is 2. The molecule has 0 aliphatic carbocycles. The maximum absolute atomic E-state index is 13.3. The van der Waals surface area contributed by atoms with Crippen molar-refractivity contribution in [3.05, 3.63) is 70.2 Å². The third kappa shape index (κ3) is 4.51. The van der Waals surface area contributed by atoms with Gasteiger partial charge in [0.25, 0.3) is 5.91 Å². The summed E-state index contributed by atoms with van der Waals surface area (Å²) in [6, 6.07) is 13.7. The fourth-order valence-electron chi connectivity index (χ4n) is 3.97. The molecule has 1 fully saturated rings. The average molecular weight is 430 g/mol. The number of carbonyl (C=O) groups is 2. The van der Waals surface area contributed by atoms with Crippen LogP contribution in [0, 0.1) is 0 Å². The van der Waals surface area contributed by atoms with E-state index < -0.39 is 17.6 Å². The number of hydrogen-bond donors (Lipinski definition) is 3. The highest BCUT2D eigenvalue weighted by Crippen LogP contribution is 2.31. The summed E-state index contributed by atoms with van der Waals surface area (Å²) >= 11 is 6.07. The van der Waals surface area contributed by atoms with Crippen molar-refractivity contribution in [3.63, 3.8) is 0 Å². The van der Waals surface area contributed by atoms with Crippen LogP contribution in [0.4, 0.5) is 0 Å². The molecule has 0 radical (unpaired) electrons. The molecule has 1 saturated heterocycles. The van der Waals surface area contributed by atoms with Crippen molar-refractivity contribution in [2.24, 2.45) is 5.73 Å². The normalized spacial score (nSPS) is 18.1. The van der Waals surface area contributed by atoms with Crippen molar-refractivity contribution in [1.82, 2.24) is 10.2 Å². The van der Waals surface area contributed by atoms with E-state index >= 15 is 0 Å². The number of nitrogens with one attached hydrogen (secondary N) is 1. The summed E-state index contributed by atoms with van der Waals surface area (Å²) in [6.07, 6.45) is 1.50. The van der Waals surface area contributed by atoms with Crippen molar-refractivity contribution in [2.75, 3.05) is 6.54 Å². The summed E-state index contributed by atoms with van der Waals surface area (Å²) in [6.45, 7) is 2.83. The largest absolute Gasteiger partial charge is 0.375 e. The highest BCUT2D eigenvalue weighted by molar-refractivity contribution is 6.30. The van der Waals surface area contributed by atoms with Crippen LogP contribution in [0.25, 0.3) is 0 Å². The van der Waals surface area contributed by atoms with Gasteiger partial charge in [-0.2, -0.15) is 0 Å². The number of nitrogens with two attached hydrogens (primary N) is 1. The van der Waals surface area contributed by atoms with E-state index in [2.05, 4.69) is 5.32 Å². The van der Waals surface area contributed by atoms with Gasteiger partial charge in [0, 0.05) is 24.7 Å². The molecule has 2 atom stereocenters. The molecule has 2 amide bonds. The molecule has 2 aromatic carbocycles. The first-order valence-electron chi connectivity index (χ1n) is 10.2. The molecule has 7 heteroatoms. The smallest absolute Gasteiger partial charge is 0.259 e. The Hall–Kier alpha value is -2.41. The molecule has 2 unspecified atom stereocenters. The Labute approximate surface area is 182 Å². The summed E-state index contributed by atoms with van der Waals surface area (Å²) in [5.41, 5.74) is 6.42. The number of aliphatic hydroxyl groups is 1. The second-order valence-electron chi connectivity index (χ2n) is 7.57. The summed E-state index contributed by atoms with van der Waals surface area (Å²) < 4.78 is 0. The fraction of sp³-hybridized carbons (Fsp3) is 0.391. The van der Waals surface area contributed by atoms with Crippen molar-refractivity contribution < 1.29 is 14.7 Å². The van der Waals surface area contributed by atoms with Gasteiger partial charge >= 0.3 is 0 Å². The molecule has 160 valence electrons. The maximum Gasteiger partial charge on any atom is 0.259 e. The van der Waals surface area contributed by atoms with E-state index in [1.807, 2.05) is 12.1 Å². The van der Waals surface area contributed by atoms with E-state index in [9.17, 15) is 14.7 Å². The first kappa shape index (κ1) is 22.3. The van der Waals surface area contributed by atoms with Crippen LogP contribution >= 0.6 is 11.6 Å². The monoisotopic (exact) mass is 429 g/mol. The SMILES string of the molecule is CCC(O)(C(=O)N1CCCC1C(=O)NCc1cc(Cl)ccc1CN)c1ccccc1. The fourth-order valence-corrected chi connectivity index (χ4v) is 4.17. The molecule has 1 heterocycles. The zero-order chi connectivity index (χ0) is 21.7. The number of rotatable bonds is 7. The minimum absolute atomic E-state index is 0.225. The lowest BCUT2D eigenvalue weighted by Crippen LogP contribution is -2.52. The summed E-state index contributed by atoms with van der Waals surface area (Å²) in [5, 5.41) is 14.7. The molecule has 30 heavy (non-hydrogen) atoms. The number of likely N-dealkylation sites (tertiary alicyclic amines) is 1. The zero-order valence-corrected chi connectivity index (χ0v) is 17.9. The van der Waals surface area contributed by atoms with E-state index in [1.165, 1.54) is 4.90 Å². The molecule has 0 saturated carbocycles. The molecule has 3 rings (SSSR count). The third-order valence-corrected chi connectivity index (χ3v) is 6.01. The Morgan fingerprint density at radius 2 is 1.97 bits per heavy atom. The first-order chi connectivity index (χ1) is 14.4. The molecule has 4 N–H and O–H groups in total. The van der Waals surface area contributed by atoms with Crippen LogP contribution in [0.15, 0.2) is 48.5 Å². The zero-order valence-electron chi connectivity index (χ0n) is 17.1. The Morgan fingerprint density at radius 3 is 2.63 bits per heavy atom. The quantitative estimate of drug-likeness (QED) is 0.630. The highest BCUT2D eigenvalue weighted by Gasteiger charge is 2.44. The van der Waals surface area contributed by atoms with Crippen LogP contribution in [0.2, 0.25) is 5.02 Å². The van der Waals surface area contributed by atoms with Gasteiger partial charge in [-0.25, -0.2) is 0 Å². The van der Waals surface area contributed by atoms with E-state index in [0.29, 0.717) is 36.5 Å². The van der Waals surface area contributed by atoms with Gasteiger partial charge in [-0.1, -0.05) is 54.9 Å². The van der Waals surface area contributed by atoms with Gasteiger partial charge in [0.15, 0.2) is 5.60 Å². The molecule has 0 spiro atoms.